The Bertz CT molecular complexity index is 1320. The summed E-state index contributed by atoms with van der Waals surface area (Å²) in [5.74, 6) is 2.03. The van der Waals surface area contributed by atoms with Gasteiger partial charge < -0.3 is 18.6 Å². The first-order valence-corrected chi connectivity index (χ1v) is 10.9. The molecule has 2 heterocycles. The third-order valence-electron chi connectivity index (χ3n) is 6.06. The second kappa shape index (κ2) is 9.47. The topological polar surface area (TPSA) is 74.0 Å². The van der Waals surface area contributed by atoms with Crippen LogP contribution in [0.3, 0.4) is 0 Å². The minimum Gasteiger partial charge on any atom is -0.493 e. The highest BCUT2D eigenvalue weighted by Gasteiger charge is 2.27. The van der Waals surface area contributed by atoms with Crippen LogP contribution in [0.1, 0.15) is 32.8 Å². The van der Waals surface area contributed by atoms with Crippen molar-refractivity contribution in [2.24, 2.45) is 0 Å². The molecule has 0 aliphatic heterocycles. The number of amides is 1. The van der Waals surface area contributed by atoms with Crippen molar-refractivity contribution in [2.75, 3.05) is 26.2 Å². The van der Waals surface area contributed by atoms with Gasteiger partial charge in [-0.05, 0) is 61.7 Å². The first-order valence-electron chi connectivity index (χ1n) is 10.9. The van der Waals surface area contributed by atoms with Crippen LogP contribution >= 0.6 is 0 Å². The van der Waals surface area contributed by atoms with Crippen LogP contribution in [-0.2, 0) is 6.54 Å². The van der Waals surface area contributed by atoms with Crippen molar-refractivity contribution >= 4 is 22.7 Å². The maximum atomic E-state index is 13.9. The Kier molecular flexibility index (Phi) is 6.45. The van der Waals surface area contributed by atoms with Gasteiger partial charge in [-0.25, -0.2) is 4.98 Å². The average Bonchev–Trinajstić information content (AvgIpc) is 3.21. The van der Waals surface area contributed by atoms with Crippen molar-refractivity contribution in [1.29, 1.82) is 0 Å². The third-order valence-corrected chi connectivity index (χ3v) is 6.06. The van der Waals surface area contributed by atoms with E-state index in [0.29, 0.717) is 28.8 Å². The molecule has 7 heteroatoms. The molecule has 0 spiro atoms. The van der Waals surface area contributed by atoms with Crippen LogP contribution < -0.4 is 19.1 Å². The molecule has 0 atom stereocenters. The van der Waals surface area contributed by atoms with Gasteiger partial charge in [-0.3, -0.25) is 9.69 Å². The Morgan fingerprint density at radius 2 is 1.65 bits per heavy atom. The lowest BCUT2D eigenvalue weighted by Gasteiger charge is -2.22. The molecule has 2 aromatic carbocycles. The number of aromatic nitrogens is 1. The number of hydrogen-bond acceptors (Lipinski definition) is 6. The van der Waals surface area contributed by atoms with Crippen LogP contribution in [-0.4, -0.2) is 32.2 Å². The Labute approximate surface area is 198 Å². The molecule has 4 aromatic rings. The molecular weight excluding hydrogens is 432 g/mol. The van der Waals surface area contributed by atoms with Gasteiger partial charge in [0.25, 0.3) is 5.91 Å². The van der Waals surface area contributed by atoms with E-state index in [2.05, 4.69) is 4.98 Å². The minimum atomic E-state index is -0.279. The maximum absolute atomic E-state index is 13.9. The van der Waals surface area contributed by atoms with Gasteiger partial charge in [-0.15, -0.1) is 0 Å². The number of carbonyl (C=O) groups is 1. The summed E-state index contributed by atoms with van der Waals surface area (Å²) in [5.41, 5.74) is 4.45. The lowest BCUT2D eigenvalue weighted by molar-refractivity contribution is 0.0958. The number of nitrogens with zero attached hydrogens (tertiary/aromatic N) is 2. The summed E-state index contributed by atoms with van der Waals surface area (Å²) in [6.45, 7) is 6.16. The number of hydrogen-bond donors (Lipinski definition) is 0. The number of rotatable bonds is 7. The van der Waals surface area contributed by atoms with Crippen LogP contribution in [0.15, 0.2) is 53.1 Å². The predicted octanol–water partition coefficient (Wildman–Crippen LogP) is 5.63. The summed E-state index contributed by atoms with van der Waals surface area (Å²) in [6, 6.07) is 13.1. The maximum Gasteiger partial charge on any atom is 0.295 e. The second-order valence-corrected chi connectivity index (χ2v) is 8.05. The van der Waals surface area contributed by atoms with Gasteiger partial charge in [0.05, 0.1) is 27.9 Å². The Hall–Kier alpha value is -4.00. The molecule has 34 heavy (non-hydrogen) atoms. The van der Waals surface area contributed by atoms with E-state index >= 15 is 0 Å². The summed E-state index contributed by atoms with van der Waals surface area (Å²) in [6.07, 6.45) is 1.66. The van der Waals surface area contributed by atoms with Crippen LogP contribution in [0.25, 0.3) is 11.0 Å². The first-order chi connectivity index (χ1) is 16.4. The summed E-state index contributed by atoms with van der Waals surface area (Å²) in [7, 11) is 4.67. The van der Waals surface area contributed by atoms with E-state index in [1.165, 1.54) is 0 Å². The molecule has 4 rings (SSSR count). The van der Waals surface area contributed by atoms with Crippen molar-refractivity contribution in [3.63, 3.8) is 0 Å². The van der Waals surface area contributed by atoms with E-state index in [4.69, 9.17) is 18.6 Å². The molecule has 0 saturated heterocycles. The molecule has 2 aromatic heterocycles. The molecule has 0 aliphatic rings. The van der Waals surface area contributed by atoms with Gasteiger partial charge in [0.1, 0.15) is 11.4 Å². The first kappa shape index (κ1) is 23.2. The second-order valence-electron chi connectivity index (χ2n) is 8.05. The molecule has 0 fully saturated rings. The number of fused-ring (bicyclic) bond motifs is 1. The average molecular weight is 461 g/mol. The molecule has 0 N–H and O–H groups in total. The molecule has 176 valence electrons. The zero-order chi connectivity index (χ0) is 24.4. The molecular formula is C27H28N2O5. The molecule has 0 bridgehead atoms. The zero-order valence-corrected chi connectivity index (χ0v) is 20.3. The van der Waals surface area contributed by atoms with E-state index in [0.717, 1.165) is 33.2 Å². The van der Waals surface area contributed by atoms with Crippen LogP contribution in [0.5, 0.6) is 17.2 Å². The number of pyridine rings is 1. The zero-order valence-electron chi connectivity index (χ0n) is 20.3. The molecule has 1 amide bonds. The van der Waals surface area contributed by atoms with Gasteiger partial charge in [-0.2, -0.15) is 0 Å². The number of carbonyl (C=O) groups excluding carboxylic acids is 1. The van der Waals surface area contributed by atoms with Crippen molar-refractivity contribution in [3.05, 3.63) is 76.7 Å². The number of furan rings is 1. The smallest absolute Gasteiger partial charge is 0.295 e. The fraction of sp³-hybridized carbons (Fsp3) is 0.259. The van der Waals surface area contributed by atoms with E-state index in [1.807, 2.05) is 57.2 Å². The van der Waals surface area contributed by atoms with Gasteiger partial charge in [-0.1, -0.05) is 18.2 Å². The lowest BCUT2D eigenvalue weighted by Crippen LogP contribution is -2.31. The Morgan fingerprint density at radius 3 is 2.24 bits per heavy atom. The molecule has 0 radical (unpaired) electrons. The monoisotopic (exact) mass is 460 g/mol. The van der Waals surface area contributed by atoms with Crippen molar-refractivity contribution in [1.82, 2.24) is 4.98 Å². The fourth-order valence-corrected chi connectivity index (χ4v) is 4.02. The number of ether oxygens (including phenoxy) is 3. The molecule has 0 aliphatic carbocycles. The minimum absolute atomic E-state index is 0.223. The number of aryl methyl sites for hydroxylation is 3. The quantitative estimate of drug-likeness (QED) is 0.356. The van der Waals surface area contributed by atoms with E-state index in [-0.39, 0.29) is 12.5 Å². The summed E-state index contributed by atoms with van der Waals surface area (Å²) < 4.78 is 22.6. The van der Waals surface area contributed by atoms with Gasteiger partial charge in [0, 0.05) is 17.1 Å². The van der Waals surface area contributed by atoms with Crippen molar-refractivity contribution < 1.29 is 23.4 Å². The predicted molar refractivity (Wildman–Crippen MR) is 131 cm³/mol. The SMILES string of the molecule is COc1cc(CN(C(=O)c2oc3c(C)c(C)ccc3c2C)c2ccccn2)cc(OC)c1OC. The normalized spacial score (nSPS) is 10.9. The van der Waals surface area contributed by atoms with E-state index < -0.39 is 0 Å². The standard InChI is InChI=1S/C27H28N2O5/c1-16-10-11-20-18(3)25(34-24(20)17(16)2)27(30)29(23-9-7-8-12-28-23)15-19-13-21(31-4)26(33-6)22(14-19)32-5/h7-14H,15H2,1-6H3. The Balaban J connectivity index is 1.81. The summed E-state index contributed by atoms with van der Waals surface area (Å²) in [5, 5.41) is 0.931. The van der Waals surface area contributed by atoms with Gasteiger partial charge in [0.2, 0.25) is 5.75 Å². The van der Waals surface area contributed by atoms with Gasteiger partial charge >= 0.3 is 0 Å². The third kappa shape index (κ3) is 4.05. The fourth-order valence-electron chi connectivity index (χ4n) is 4.02. The highest BCUT2D eigenvalue weighted by atomic mass is 16.5. The molecule has 0 unspecified atom stereocenters. The lowest BCUT2D eigenvalue weighted by atomic mass is 10.0. The highest BCUT2D eigenvalue weighted by Crippen LogP contribution is 2.39. The Morgan fingerprint density at radius 1 is 0.941 bits per heavy atom. The van der Waals surface area contributed by atoms with E-state index in [1.54, 1.807) is 38.5 Å². The number of anilines is 1. The summed E-state index contributed by atoms with van der Waals surface area (Å²) >= 11 is 0. The van der Waals surface area contributed by atoms with Crippen LogP contribution in [0.2, 0.25) is 0 Å². The molecule has 7 nitrogen and oxygen atoms in total. The van der Waals surface area contributed by atoms with Crippen LogP contribution in [0.4, 0.5) is 5.82 Å². The van der Waals surface area contributed by atoms with Crippen LogP contribution in [0, 0.1) is 20.8 Å². The molecule has 0 saturated carbocycles. The van der Waals surface area contributed by atoms with E-state index in [9.17, 15) is 4.79 Å². The van der Waals surface area contributed by atoms with Gasteiger partial charge in [0.15, 0.2) is 17.3 Å². The van der Waals surface area contributed by atoms with Crippen molar-refractivity contribution in [3.8, 4) is 17.2 Å². The largest absolute Gasteiger partial charge is 0.493 e. The van der Waals surface area contributed by atoms with Crippen molar-refractivity contribution in [2.45, 2.75) is 27.3 Å². The number of benzene rings is 2. The highest BCUT2D eigenvalue weighted by molar-refractivity contribution is 6.07. The number of methoxy groups -OCH3 is 3. The summed E-state index contributed by atoms with van der Waals surface area (Å²) in [4.78, 5) is 19.9.